The Hall–Kier alpha value is -2.83. The quantitative estimate of drug-likeness (QED) is 0.409. The Balaban J connectivity index is 1.88. The van der Waals surface area contributed by atoms with E-state index in [9.17, 15) is 4.79 Å². The predicted octanol–water partition coefficient (Wildman–Crippen LogP) is 4.82. The summed E-state index contributed by atoms with van der Waals surface area (Å²) in [6.45, 7) is 8.35. The number of carbonyl (C=O) groups is 1. The van der Waals surface area contributed by atoms with Gasteiger partial charge in [0.15, 0.2) is 6.61 Å². The van der Waals surface area contributed by atoms with Gasteiger partial charge in [0, 0.05) is 5.41 Å². The van der Waals surface area contributed by atoms with Gasteiger partial charge < -0.3 is 9.47 Å². The molecule has 0 amide bonds. The standard InChI is InChI=1S/C23H24O3/c1-4-23(2,3)21(19-13-7-5-8-14-19)25-17-11-12-18-26-22(24)20-15-9-6-10-16-20/h4-10,13-16,21H,1,17-18H2,2-3H3. The van der Waals surface area contributed by atoms with Crippen LogP contribution in [0.4, 0.5) is 0 Å². The van der Waals surface area contributed by atoms with Crippen LogP contribution in [0.15, 0.2) is 73.3 Å². The third kappa shape index (κ3) is 5.61. The van der Waals surface area contributed by atoms with Crippen LogP contribution in [0, 0.1) is 17.3 Å². The molecule has 0 radical (unpaired) electrons. The van der Waals surface area contributed by atoms with Gasteiger partial charge in [0.1, 0.15) is 6.61 Å². The fraction of sp³-hybridized carbons (Fsp3) is 0.261. The van der Waals surface area contributed by atoms with Gasteiger partial charge in [0.2, 0.25) is 0 Å². The van der Waals surface area contributed by atoms with Crippen LogP contribution in [-0.2, 0) is 9.47 Å². The Morgan fingerprint density at radius 1 is 1.04 bits per heavy atom. The van der Waals surface area contributed by atoms with Crippen molar-refractivity contribution in [1.82, 2.24) is 0 Å². The SMILES string of the molecule is C=CC(C)(C)C(OCC#CCOC(=O)c1ccccc1)c1ccccc1. The molecule has 0 aliphatic heterocycles. The summed E-state index contributed by atoms with van der Waals surface area (Å²) in [7, 11) is 0. The van der Waals surface area contributed by atoms with E-state index in [1.807, 2.05) is 42.5 Å². The molecule has 2 aromatic rings. The minimum atomic E-state index is -0.379. The lowest BCUT2D eigenvalue weighted by Gasteiger charge is -2.31. The highest BCUT2D eigenvalue weighted by Gasteiger charge is 2.28. The van der Waals surface area contributed by atoms with Gasteiger partial charge >= 0.3 is 5.97 Å². The second kappa shape index (κ2) is 9.60. The second-order valence-electron chi connectivity index (χ2n) is 6.42. The zero-order chi connectivity index (χ0) is 18.8. The minimum absolute atomic E-state index is 0.0396. The lowest BCUT2D eigenvalue weighted by atomic mass is 9.82. The molecule has 1 unspecified atom stereocenters. The van der Waals surface area contributed by atoms with Crippen molar-refractivity contribution in [2.75, 3.05) is 13.2 Å². The van der Waals surface area contributed by atoms with E-state index < -0.39 is 0 Å². The lowest BCUT2D eigenvalue weighted by molar-refractivity contribution is 0.0111. The fourth-order valence-corrected chi connectivity index (χ4v) is 2.46. The molecule has 3 heteroatoms. The third-order valence-electron chi connectivity index (χ3n) is 4.04. The summed E-state index contributed by atoms with van der Waals surface area (Å²) in [5, 5.41) is 0. The van der Waals surface area contributed by atoms with E-state index in [0.29, 0.717) is 5.56 Å². The van der Waals surface area contributed by atoms with Crippen molar-refractivity contribution in [3.63, 3.8) is 0 Å². The van der Waals surface area contributed by atoms with Crippen LogP contribution in [0.5, 0.6) is 0 Å². The van der Waals surface area contributed by atoms with Gasteiger partial charge in [0.05, 0.1) is 11.7 Å². The zero-order valence-corrected chi connectivity index (χ0v) is 15.3. The molecule has 0 saturated heterocycles. The Morgan fingerprint density at radius 3 is 2.23 bits per heavy atom. The molecule has 0 bridgehead atoms. The molecule has 2 rings (SSSR count). The first-order chi connectivity index (χ1) is 12.5. The Kier molecular flexibility index (Phi) is 7.20. The summed E-state index contributed by atoms with van der Waals surface area (Å²) in [6.07, 6.45) is 1.74. The van der Waals surface area contributed by atoms with E-state index in [0.717, 1.165) is 5.56 Å². The van der Waals surface area contributed by atoms with Crippen LogP contribution >= 0.6 is 0 Å². The molecular formula is C23H24O3. The summed E-state index contributed by atoms with van der Waals surface area (Å²) in [6, 6.07) is 18.9. The maximum absolute atomic E-state index is 11.8. The van der Waals surface area contributed by atoms with Crippen molar-refractivity contribution in [3.8, 4) is 11.8 Å². The van der Waals surface area contributed by atoms with E-state index in [4.69, 9.17) is 9.47 Å². The maximum atomic E-state index is 11.8. The van der Waals surface area contributed by atoms with Gasteiger partial charge in [-0.05, 0) is 17.7 Å². The Bertz CT molecular complexity index is 767. The number of hydrogen-bond acceptors (Lipinski definition) is 3. The average Bonchev–Trinajstić information content (AvgIpc) is 2.68. The van der Waals surface area contributed by atoms with E-state index in [-0.39, 0.29) is 30.7 Å². The van der Waals surface area contributed by atoms with Crippen molar-refractivity contribution in [1.29, 1.82) is 0 Å². The molecule has 0 heterocycles. The molecule has 134 valence electrons. The van der Waals surface area contributed by atoms with Crippen molar-refractivity contribution >= 4 is 5.97 Å². The second-order valence-corrected chi connectivity index (χ2v) is 6.42. The summed E-state index contributed by atoms with van der Waals surface area (Å²) in [5.41, 5.74) is 1.36. The van der Waals surface area contributed by atoms with Gasteiger partial charge in [-0.1, -0.05) is 80.3 Å². The first kappa shape index (κ1) is 19.5. The zero-order valence-electron chi connectivity index (χ0n) is 15.3. The Morgan fingerprint density at radius 2 is 1.62 bits per heavy atom. The molecular weight excluding hydrogens is 324 g/mol. The molecule has 1 atom stereocenters. The van der Waals surface area contributed by atoms with Crippen molar-refractivity contribution in [2.24, 2.45) is 5.41 Å². The third-order valence-corrected chi connectivity index (χ3v) is 4.04. The van der Waals surface area contributed by atoms with Crippen molar-refractivity contribution in [2.45, 2.75) is 20.0 Å². The van der Waals surface area contributed by atoms with Gasteiger partial charge in [-0.2, -0.15) is 0 Å². The molecule has 0 N–H and O–H groups in total. The van der Waals surface area contributed by atoms with Crippen LogP contribution in [0.2, 0.25) is 0 Å². The molecule has 3 nitrogen and oxygen atoms in total. The van der Waals surface area contributed by atoms with Crippen molar-refractivity contribution in [3.05, 3.63) is 84.4 Å². The highest BCUT2D eigenvalue weighted by molar-refractivity contribution is 5.89. The normalized spacial score (nSPS) is 11.8. The average molecular weight is 348 g/mol. The number of ether oxygens (including phenoxy) is 2. The summed E-state index contributed by atoms with van der Waals surface area (Å²) >= 11 is 0. The number of carbonyl (C=O) groups excluding carboxylic acids is 1. The monoisotopic (exact) mass is 348 g/mol. The van der Waals surface area contributed by atoms with E-state index >= 15 is 0 Å². The van der Waals surface area contributed by atoms with Gasteiger partial charge in [0.25, 0.3) is 0 Å². The fourth-order valence-electron chi connectivity index (χ4n) is 2.46. The minimum Gasteiger partial charge on any atom is -0.449 e. The Labute approximate surface area is 155 Å². The first-order valence-corrected chi connectivity index (χ1v) is 8.52. The maximum Gasteiger partial charge on any atom is 0.339 e. The van der Waals surface area contributed by atoms with Gasteiger partial charge in [-0.15, -0.1) is 6.58 Å². The van der Waals surface area contributed by atoms with E-state index in [1.54, 1.807) is 24.3 Å². The molecule has 0 spiro atoms. The van der Waals surface area contributed by atoms with Crippen LogP contribution in [0.1, 0.15) is 35.9 Å². The topological polar surface area (TPSA) is 35.5 Å². The number of rotatable bonds is 7. The number of benzene rings is 2. The predicted molar refractivity (Wildman–Crippen MR) is 104 cm³/mol. The summed E-state index contributed by atoms with van der Waals surface area (Å²) < 4.78 is 11.1. The molecule has 2 aromatic carbocycles. The van der Waals surface area contributed by atoms with E-state index in [1.165, 1.54) is 0 Å². The number of hydrogen-bond donors (Lipinski definition) is 0. The largest absolute Gasteiger partial charge is 0.449 e. The van der Waals surface area contributed by atoms with Crippen molar-refractivity contribution < 1.29 is 14.3 Å². The van der Waals surface area contributed by atoms with Gasteiger partial charge in [-0.25, -0.2) is 4.79 Å². The molecule has 26 heavy (non-hydrogen) atoms. The molecule has 0 saturated carbocycles. The van der Waals surface area contributed by atoms with Crippen LogP contribution in [0.25, 0.3) is 0 Å². The smallest absolute Gasteiger partial charge is 0.339 e. The highest BCUT2D eigenvalue weighted by atomic mass is 16.5. The van der Waals surface area contributed by atoms with Crippen LogP contribution in [-0.4, -0.2) is 19.2 Å². The molecule has 0 fully saturated rings. The van der Waals surface area contributed by atoms with Crippen LogP contribution in [0.3, 0.4) is 0 Å². The molecule has 0 aliphatic carbocycles. The highest BCUT2D eigenvalue weighted by Crippen LogP contribution is 2.37. The van der Waals surface area contributed by atoms with Gasteiger partial charge in [-0.3, -0.25) is 0 Å². The lowest BCUT2D eigenvalue weighted by Crippen LogP contribution is -2.22. The first-order valence-electron chi connectivity index (χ1n) is 8.52. The summed E-state index contributed by atoms with van der Waals surface area (Å²) in [5.74, 6) is 5.34. The molecule has 0 aliphatic rings. The summed E-state index contributed by atoms with van der Waals surface area (Å²) in [4.78, 5) is 11.8. The van der Waals surface area contributed by atoms with E-state index in [2.05, 4.69) is 32.3 Å². The van der Waals surface area contributed by atoms with Crippen LogP contribution < -0.4 is 0 Å². The number of esters is 1. The molecule has 0 aromatic heterocycles.